The Kier molecular flexibility index (Phi) is 2.70. The molecular weight excluding hydrogens is 210 g/mol. The van der Waals surface area contributed by atoms with Crippen molar-refractivity contribution in [1.29, 1.82) is 0 Å². The van der Waals surface area contributed by atoms with Crippen molar-refractivity contribution in [2.75, 3.05) is 14.2 Å². The Bertz CT molecular complexity index is 252. The van der Waals surface area contributed by atoms with Crippen molar-refractivity contribution in [1.82, 2.24) is 4.98 Å². The molecule has 1 heterocycles. The molecule has 1 aromatic rings. The van der Waals surface area contributed by atoms with E-state index in [1.165, 1.54) is 0 Å². The summed E-state index contributed by atoms with van der Waals surface area (Å²) in [6.07, 6.45) is 1.64. The van der Waals surface area contributed by atoms with Crippen LogP contribution in [0.25, 0.3) is 0 Å². The van der Waals surface area contributed by atoms with Crippen LogP contribution in [0.1, 0.15) is 0 Å². The van der Waals surface area contributed by atoms with E-state index in [4.69, 9.17) is 9.47 Å². The van der Waals surface area contributed by atoms with Crippen LogP contribution in [0.4, 0.5) is 0 Å². The maximum absolute atomic E-state index is 5.03. The van der Waals surface area contributed by atoms with E-state index in [1.54, 1.807) is 26.5 Å². The quantitative estimate of drug-likeness (QED) is 0.759. The second-order valence-electron chi connectivity index (χ2n) is 1.84. The zero-order chi connectivity index (χ0) is 8.27. The van der Waals surface area contributed by atoms with Crippen LogP contribution in [0, 0.1) is 0 Å². The molecule has 0 saturated carbocycles. The summed E-state index contributed by atoms with van der Waals surface area (Å²) in [7, 11) is 3.13. The molecule has 0 aliphatic rings. The summed E-state index contributed by atoms with van der Waals surface area (Å²) < 4.78 is 10.8. The molecule has 0 spiro atoms. The lowest BCUT2D eigenvalue weighted by Crippen LogP contribution is -1.93. The first-order chi connectivity index (χ1) is 5.29. The van der Waals surface area contributed by atoms with Gasteiger partial charge in [-0.1, -0.05) is 0 Å². The molecule has 0 fully saturated rings. The van der Waals surface area contributed by atoms with Crippen LogP contribution in [0.3, 0.4) is 0 Å². The zero-order valence-electron chi connectivity index (χ0n) is 6.30. The van der Waals surface area contributed by atoms with Crippen LogP contribution >= 0.6 is 15.9 Å². The lowest BCUT2D eigenvalue weighted by atomic mass is 10.4. The number of ether oxygens (including phenoxy) is 2. The van der Waals surface area contributed by atoms with Gasteiger partial charge in [-0.25, -0.2) is 4.98 Å². The van der Waals surface area contributed by atoms with E-state index in [9.17, 15) is 0 Å². The molecule has 11 heavy (non-hydrogen) atoms. The molecule has 60 valence electrons. The fraction of sp³-hybridized carbons (Fsp3) is 0.286. The van der Waals surface area contributed by atoms with Crippen LogP contribution in [0.15, 0.2) is 16.7 Å². The molecule has 0 aliphatic heterocycles. The summed E-state index contributed by atoms with van der Waals surface area (Å²) >= 11 is 3.30. The first-order valence-electron chi connectivity index (χ1n) is 3.02. The van der Waals surface area contributed by atoms with Gasteiger partial charge in [0.2, 0.25) is 0 Å². The van der Waals surface area contributed by atoms with Crippen molar-refractivity contribution in [3.63, 3.8) is 0 Å². The van der Waals surface area contributed by atoms with Gasteiger partial charge in [-0.2, -0.15) is 0 Å². The van der Waals surface area contributed by atoms with Gasteiger partial charge >= 0.3 is 0 Å². The number of hydrogen-bond acceptors (Lipinski definition) is 3. The normalized spacial score (nSPS) is 9.36. The largest absolute Gasteiger partial charge is 0.490 e. The van der Waals surface area contributed by atoms with Gasteiger partial charge in [0, 0.05) is 6.20 Å². The molecule has 0 atom stereocenters. The Hall–Kier alpha value is -0.770. The van der Waals surface area contributed by atoms with E-state index in [0.717, 1.165) is 4.47 Å². The molecule has 0 saturated heterocycles. The van der Waals surface area contributed by atoms with Crippen molar-refractivity contribution >= 4 is 15.9 Å². The zero-order valence-corrected chi connectivity index (χ0v) is 7.88. The third-order valence-corrected chi connectivity index (χ3v) is 1.85. The van der Waals surface area contributed by atoms with E-state index in [0.29, 0.717) is 11.6 Å². The van der Waals surface area contributed by atoms with Crippen LogP contribution in [-0.2, 0) is 0 Å². The first-order valence-corrected chi connectivity index (χ1v) is 3.81. The number of methoxy groups -OCH3 is 2. The van der Waals surface area contributed by atoms with Crippen molar-refractivity contribution < 1.29 is 9.47 Å². The van der Waals surface area contributed by atoms with Crippen molar-refractivity contribution in [2.45, 2.75) is 0 Å². The fourth-order valence-corrected chi connectivity index (χ4v) is 1.19. The number of aromatic nitrogens is 1. The highest BCUT2D eigenvalue weighted by Gasteiger charge is 2.07. The summed E-state index contributed by atoms with van der Waals surface area (Å²) in [5, 5.41) is 0. The van der Waals surface area contributed by atoms with E-state index in [1.807, 2.05) is 0 Å². The highest BCUT2D eigenvalue weighted by molar-refractivity contribution is 9.10. The lowest BCUT2D eigenvalue weighted by Gasteiger charge is -2.06. The predicted molar refractivity (Wildman–Crippen MR) is 45.0 cm³/mol. The maximum atomic E-state index is 5.03. The first kappa shape index (κ1) is 8.33. The highest BCUT2D eigenvalue weighted by Crippen LogP contribution is 2.31. The third kappa shape index (κ3) is 1.63. The van der Waals surface area contributed by atoms with Crippen LogP contribution in [0.2, 0.25) is 0 Å². The highest BCUT2D eigenvalue weighted by atomic mass is 79.9. The van der Waals surface area contributed by atoms with Gasteiger partial charge in [-0.05, 0) is 22.0 Å². The molecule has 0 N–H and O–H groups in total. The number of halogens is 1. The second-order valence-corrected chi connectivity index (χ2v) is 2.69. The van der Waals surface area contributed by atoms with Crippen molar-refractivity contribution in [3.8, 4) is 11.6 Å². The summed E-state index contributed by atoms with van der Waals surface area (Å²) in [6.45, 7) is 0. The molecule has 0 aliphatic carbocycles. The fourth-order valence-electron chi connectivity index (χ4n) is 0.737. The Morgan fingerprint density at radius 2 is 2.09 bits per heavy atom. The Morgan fingerprint density at radius 1 is 1.36 bits per heavy atom. The van der Waals surface area contributed by atoms with Crippen LogP contribution < -0.4 is 9.47 Å². The second kappa shape index (κ2) is 3.57. The van der Waals surface area contributed by atoms with E-state index >= 15 is 0 Å². The minimum absolute atomic E-state index is 0.488. The third-order valence-electron chi connectivity index (χ3n) is 1.22. The monoisotopic (exact) mass is 217 g/mol. The molecule has 3 nitrogen and oxygen atoms in total. The standard InChI is InChI=1S/C7H8BrNO2/c1-10-6-5(8)3-4-9-7(6)11-2/h3-4H,1-2H3. The van der Waals surface area contributed by atoms with E-state index in [-0.39, 0.29) is 0 Å². The number of rotatable bonds is 2. The van der Waals surface area contributed by atoms with Gasteiger partial charge in [-0.15, -0.1) is 0 Å². The van der Waals surface area contributed by atoms with Gasteiger partial charge < -0.3 is 9.47 Å². The summed E-state index contributed by atoms with van der Waals surface area (Å²) in [6, 6.07) is 1.79. The topological polar surface area (TPSA) is 31.4 Å². The summed E-state index contributed by atoms with van der Waals surface area (Å²) in [5.74, 6) is 1.11. The Labute approximate surface area is 73.5 Å². The van der Waals surface area contributed by atoms with Gasteiger partial charge in [0.1, 0.15) is 0 Å². The average molecular weight is 218 g/mol. The molecule has 0 bridgehead atoms. The van der Waals surface area contributed by atoms with Crippen LogP contribution in [0.5, 0.6) is 11.6 Å². The van der Waals surface area contributed by atoms with E-state index < -0.39 is 0 Å². The molecular formula is C7H8BrNO2. The molecule has 0 amide bonds. The van der Waals surface area contributed by atoms with Gasteiger partial charge in [0.15, 0.2) is 5.75 Å². The summed E-state index contributed by atoms with van der Waals surface area (Å²) in [5.41, 5.74) is 0. The lowest BCUT2D eigenvalue weighted by molar-refractivity contribution is 0.341. The van der Waals surface area contributed by atoms with Crippen LogP contribution in [-0.4, -0.2) is 19.2 Å². The maximum Gasteiger partial charge on any atom is 0.257 e. The smallest absolute Gasteiger partial charge is 0.257 e. The Morgan fingerprint density at radius 3 is 2.55 bits per heavy atom. The molecule has 1 aromatic heterocycles. The predicted octanol–water partition coefficient (Wildman–Crippen LogP) is 1.86. The van der Waals surface area contributed by atoms with E-state index in [2.05, 4.69) is 20.9 Å². The minimum atomic E-state index is 0.488. The molecule has 4 heteroatoms. The number of pyridine rings is 1. The molecule has 0 radical (unpaired) electrons. The van der Waals surface area contributed by atoms with Gasteiger partial charge in [0.05, 0.1) is 18.7 Å². The number of nitrogens with zero attached hydrogens (tertiary/aromatic N) is 1. The van der Waals surface area contributed by atoms with Crippen molar-refractivity contribution in [2.24, 2.45) is 0 Å². The Balaban J connectivity index is 3.13. The average Bonchev–Trinajstić information content (AvgIpc) is 2.04. The van der Waals surface area contributed by atoms with Gasteiger partial charge in [-0.3, -0.25) is 0 Å². The SMILES string of the molecule is COc1nccc(Br)c1OC. The van der Waals surface area contributed by atoms with Crippen molar-refractivity contribution in [3.05, 3.63) is 16.7 Å². The summed E-state index contributed by atoms with van der Waals surface area (Å²) in [4.78, 5) is 3.95. The molecule has 1 rings (SSSR count). The van der Waals surface area contributed by atoms with Gasteiger partial charge in [0.25, 0.3) is 5.88 Å². The minimum Gasteiger partial charge on any atom is -0.490 e. The number of hydrogen-bond donors (Lipinski definition) is 0. The molecule has 0 aromatic carbocycles. The molecule has 0 unspecified atom stereocenters.